The van der Waals surface area contributed by atoms with Crippen molar-refractivity contribution in [2.45, 2.75) is 59.4 Å². The first-order chi connectivity index (χ1) is 14.6. The topological polar surface area (TPSA) is 92.0 Å². The van der Waals surface area contributed by atoms with Crippen LogP contribution in [0.15, 0.2) is 56.8 Å². The Morgan fingerprint density at radius 1 is 0.968 bits per heavy atom. The molecular formula is C24H26O7. The molecule has 0 radical (unpaired) electrons. The number of carbonyl (C=O) groups is 2. The monoisotopic (exact) mass is 426 g/mol. The standard InChI is InChI=1S/C24H26O7/c1-7-13(3)22(26)29-20-18-16(11-9-15-10-12-17(25)28-19(15)18)31-24(5,6)21(20)30-23(27)14(4)8-2/h7-12,20-21H,1-6H3/b13-7-,14-8?/t20-,21-/m1/s1. The van der Waals surface area contributed by atoms with E-state index >= 15 is 0 Å². The van der Waals surface area contributed by atoms with Crippen molar-refractivity contribution in [1.82, 2.24) is 0 Å². The Morgan fingerprint density at radius 3 is 2.16 bits per heavy atom. The fourth-order valence-electron chi connectivity index (χ4n) is 3.33. The van der Waals surface area contributed by atoms with E-state index in [-0.39, 0.29) is 5.58 Å². The Balaban J connectivity index is 2.23. The van der Waals surface area contributed by atoms with Gasteiger partial charge in [0, 0.05) is 22.6 Å². The molecule has 7 nitrogen and oxygen atoms in total. The average molecular weight is 426 g/mol. The molecule has 1 aromatic heterocycles. The Bertz CT molecular complexity index is 1150. The van der Waals surface area contributed by atoms with Crippen molar-refractivity contribution < 1.29 is 28.2 Å². The van der Waals surface area contributed by atoms with Gasteiger partial charge in [0.25, 0.3) is 0 Å². The Morgan fingerprint density at radius 2 is 1.55 bits per heavy atom. The molecule has 1 aliphatic rings. The van der Waals surface area contributed by atoms with Crippen LogP contribution in [0.1, 0.15) is 53.2 Å². The number of rotatable bonds is 4. The minimum atomic E-state index is -1.05. The molecule has 1 aliphatic heterocycles. The van der Waals surface area contributed by atoms with E-state index in [2.05, 4.69) is 0 Å². The number of benzene rings is 1. The Labute approximate surface area is 180 Å². The van der Waals surface area contributed by atoms with E-state index in [1.54, 1.807) is 71.9 Å². The minimum absolute atomic E-state index is 0.222. The molecule has 3 rings (SSSR count). The van der Waals surface area contributed by atoms with Gasteiger partial charge in [0.1, 0.15) is 16.9 Å². The van der Waals surface area contributed by atoms with Gasteiger partial charge >= 0.3 is 17.6 Å². The molecule has 0 saturated carbocycles. The van der Waals surface area contributed by atoms with Gasteiger partial charge in [-0.25, -0.2) is 14.4 Å². The molecule has 0 N–H and O–H groups in total. The van der Waals surface area contributed by atoms with Crippen LogP contribution in [0.3, 0.4) is 0 Å². The highest BCUT2D eigenvalue weighted by atomic mass is 16.6. The number of carbonyl (C=O) groups excluding carboxylic acids is 2. The van der Waals surface area contributed by atoms with Gasteiger partial charge in [-0.1, -0.05) is 12.2 Å². The summed E-state index contributed by atoms with van der Waals surface area (Å²) in [4.78, 5) is 37.3. The van der Waals surface area contributed by atoms with Crippen molar-refractivity contribution in [2.75, 3.05) is 0 Å². The predicted octanol–water partition coefficient (Wildman–Crippen LogP) is 4.39. The fraction of sp³-hybridized carbons (Fsp3) is 0.375. The van der Waals surface area contributed by atoms with E-state index in [0.717, 1.165) is 0 Å². The summed E-state index contributed by atoms with van der Waals surface area (Å²) >= 11 is 0. The molecule has 2 atom stereocenters. The van der Waals surface area contributed by atoms with Crippen LogP contribution in [-0.4, -0.2) is 23.6 Å². The van der Waals surface area contributed by atoms with Crippen molar-refractivity contribution in [3.8, 4) is 5.75 Å². The number of hydrogen-bond donors (Lipinski definition) is 0. The smallest absolute Gasteiger partial charge is 0.336 e. The molecule has 0 bridgehead atoms. The van der Waals surface area contributed by atoms with Gasteiger partial charge in [-0.15, -0.1) is 0 Å². The van der Waals surface area contributed by atoms with E-state index in [1.165, 1.54) is 6.07 Å². The molecule has 0 fully saturated rings. The first kappa shape index (κ1) is 22.3. The minimum Gasteiger partial charge on any atom is -0.483 e. The van der Waals surface area contributed by atoms with Gasteiger partial charge in [0.2, 0.25) is 0 Å². The van der Waals surface area contributed by atoms with Crippen LogP contribution in [0.25, 0.3) is 11.0 Å². The van der Waals surface area contributed by atoms with Crippen molar-refractivity contribution in [3.63, 3.8) is 0 Å². The molecule has 2 aromatic rings. The molecule has 0 aliphatic carbocycles. The summed E-state index contributed by atoms with van der Waals surface area (Å²) in [7, 11) is 0. The normalized spacial score (nSPS) is 20.6. The summed E-state index contributed by atoms with van der Waals surface area (Å²) in [5.41, 5.74) is -0.224. The lowest BCUT2D eigenvalue weighted by Gasteiger charge is -2.43. The SMILES string of the molecule is CC=C(C)C(=O)O[C@@H]1[C@H](OC(=O)/C(C)=C\C)c2c(ccc3ccc(=O)oc23)OC1(C)C. The summed E-state index contributed by atoms with van der Waals surface area (Å²) < 4.78 is 23.2. The Hall–Kier alpha value is -3.35. The molecule has 0 saturated heterocycles. The highest BCUT2D eigenvalue weighted by Gasteiger charge is 2.50. The van der Waals surface area contributed by atoms with E-state index in [1.807, 2.05) is 0 Å². The summed E-state index contributed by atoms with van der Waals surface area (Å²) in [6.45, 7) is 10.2. The van der Waals surface area contributed by atoms with Crippen LogP contribution in [-0.2, 0) is 19.1 Å². The molecule has 31 heavy (non-hydrogen) atoms. The zero-order valence-electron chi connectivity index (χ0n) is 18.5. The third-order valence-corrected chi connectivity index (χ3v) is 5.38. The van der Waals surface area contributed by atoms with Gasteiger partial charge in [-0.3, -0.25) is 0 Å². The van der Waals surface area contributed by atoms with Crippen LogP contribution < -0.4 is 10.4 Å². The van der Waals surface area contributed by atoms with E-state index in [9.17, 15) is 14.4 Å². The van der Waals surface area contributed by atoms with Crippen molar-refractivity contribution >= 4 is 22.9 Å². The fourth-order valence-corrected chi connectivity index (χ4v) is 3.33. The third kappa shape index (κ3) is 4.26. The van der Waals surface area contributed by atoms with Gasteiger partial charge < -0.3 is 18.6 Å². The summed E-state index contributed by atoms with van der Waals surface area (Å²) in [6, 6.07) is 6.39. The maximum absolute atomic E-state index is 12.7. The predicted molar refractivity (Wildman–Crippen MR) is 115 cm³/mol. The number of ether oxygens (including phenoxy) is 3. The molecule has 2 heterocycles. The zero-order chi connectivity index (χ0) is 22.9. The van der Waals surface area contributed by atoms with Crippen LogP contribution in [0.5, 0.6) is 5.75 Å². The number of hydrogen-bond acceptors (Lipinski definition) is 7. The highest BCUT2D eigenvalue weighted by Crippen LogP contribution is 2.46. The molecule has 0 spiro atoms. The van der Waals surface area contributed by atoms with Crippen LogP contribution in [0.4, 0.5) is 0 Å². The number of fused-ring (bicyclic) bond motifs is 3. The quantitative estimate of drug-likeness (QED) is 0.407. The van der Waals surface area contributed by atoms with Crippen LogP contribution in [0, 0.1) is 0 Å². The van der Waals surface area contributed by atoms with Gasteiger partial charge in [-0.05, 0) is 59.7 Å². The number of esters is 2. The lowest BCUT2D eigenvalue weighted by Crippen LogP contribution is -2.52. The largest absolute Gasteiger partial charge is 0.483 e. The lowest BCUT2D eigenvalue weighted by atomic mass is 9.87. The summed E-state index contributed by atoms with van der Waals surface area (Å²) in [5.74, 6) is -0.744. The maximum Gasteiger partial charge on any atom is 0.336 e. The maximum atomic E-state index is 12.7. The molecular weight excluding hydrogens is 400 g/mol. The molecule has 1 aromatic carbocycles. The lowest BCUT2D eigenvalue weighted by molar-refractivity contribution is -0.185. The molecule has 164 valence electrons. The second-order valence-corrected chi connectivity index (χ2v) is 7.95. The first-order valence-electron chi connectivity index (χ1n) is 10.0. The molecule has 7 heteroatoms. The second-order valence-electron chi connectivity index (χ2n) is 7.95. The van der Waals surface area contributed by atoms with Crippen molar-refractivity contribution in [3.05, 3.63) is 63.5 Å². The summed E-state index contributed by atoms with van der Waals surface area (Å²) in [6.07, 6.45) is 1.21. The van der Waals surface area contributed by atoms with Gasteiger partial charge in [-0.2, -0.15) is 0 Å². The Kier molecular flexibility index (Phi) is 6.06. The zero-order valence-corrected chi connectivity index (χ0v) is 18.5. The third-order valence-electron chi connectivity index (χ3n) is 5.38. The first-order valence-corrected chi connectivity index (χ1v) is 10.0. The highest BCUT2D eigenvalue weighted by molar-refractivity contribution is 5.90. The van der Waals surface area contributed by atoms with Crippen molar-refractivity contribution in [2.24, 2.45) is 0 Å². The van der Waals surface area contributed by atoms with Crippen LogP contribution >= 0.6 is 0 Å². The van der Waals surface area contributed by atoms with E-state index < -0.39 is 35.4 Å². The molecule has 0 unspecified atom stereocenters. The van der Waals surface area contributed by atoms with Gasteiger partial charge in [0.05, 0.1) is 5.56 Å². The number of allylic oxidation sites excluding steroid dienone is 2. The summed E-state index contributed by atoms with van der Waals surface area (Å²) in [5, 5.41) is 0.625. The van der Waals surface area contributed by atoms with E-state index in [4.69, 9.17) is 18.6 Å². The average Bonchev–Trinajstić information content (AvgIpc) is 2.73. The van der Waals surface area contributed by atoms with E-state index in [0.29, 0.717) is 27.8 Å². The van der Waals surface area contributed by atoms with Gasteiger partial charge in [0.15, 0.2) is 12.2 Å². The second kappa shape index (κ2) is 8.41. The molecule has 0 amide bonds. The van der Waals surface area contributed by atoms with Crippen LogP contribution in [0.2, 0.25) is 0 Å². The van der Waals surface area contributed by atoms with Crippen molar-refractivity contribution in [1.29, 1.82) is 0 Å².